The molecule has 37 heavy (non-hydrogen) atoms. The molecule has 1 aliphatic rings. The van der Waals surface area contributed by atoms with E-state index in [4.69, 9.17) is 4.74 Å². The van der Waals surface area contributed by atoms with Crippen LogP contribution < -0.4 is 10.6 Å². The first kappa shape index (κ1) is 30.8. The van der Waals surface area contributed by atoms with Crippen molar-refractivity contribution in [2.75, 3.05) is 0 Å². The van der Waals surface area contributed by atoms with Gasteiger partial charge in [0.15, 0.2) is 0 Å². The Morgan fingerprint density at radius 2 is 1.68 bits per heavy atom. The van der Waals surface area contributed by atoms with Crippen molar-refractivity contribution in [2.24, 2.45) is 5.92 Å². The highest BCUT2D eigenvalue weighted by Crippen LogP contribution is 2.36. The zero-order valence-corrected chi connectivity index (χ0v) is 24.4. The summed E-state index contributed by atoms with van der Waals surface area (Å²) < 4.78 is 5.47. The highest BCUT2D eigenvalue weighted by Gasteiger charge is 2.45. The van der Waals surface area contributed by atoms with Crippen LogP contribution in [-0.4, -0.2) is 51.0 Å². The average molecular weight is 516 g/mol. The molecule has 0 unspecified atom stereocenters. The molecule has 0 aliphatic carbocycles. The molecule has 1 atom stereocenters. The van der Waals surface area contributed by atoms with Crippen molar-refractivity contribution < 1.29 is 19.5 Å². The van der Waals surface area contributed by atoms with Crippen molar-refractivity contribution in [2.45, 2.75) is 123 Å². The maximum Gasteiger partial charge on any atom is 0.407 e. The Balaban J connectivity index is 2.24. The molecule has 3 N–H and O–H groups in total. The zero-order chi connectivity index (χ0) is 28.0. The third kappa shape index (κ3) is 10.1. The summed E-state index contributed by atoms with van der Waals surface area (Å²) in [6, 6.07) is 9.72. The fourth-order valence-electron chi connectivity index (χ4n) is 5.25. The molecule has 1 aromatic carbocycles. The summed E-state index contributed by atoms with van der Waals surface area (Å²) in [6.45, 7) is 17.7. The molecule has 1 aliphatic heterocycles. The Hall–Kier alpha value is -2.38. The number of benzene rings is 1. The second-order valence-corrected chi connectivity index (χ2v) is 13.1. The van der Waals surface area contributed by atoms with E-state index in [-0.39, 0.29) is 18.0 Å². The van der Waals surface area contributed by atoms with E-state index >= 15 is 0 Å². The lowest BCUT2D eigenvalue weighted by Crippen LogP contribution is -2.63. The monoisotopic (exact) mass is 515 g/mol. The van der Waals surface area contributed by atoms with Gasteiger partial charge >= 0.3 is 6.09 Å². The molecule has 1 aromatic rings. The summed E-state index contributed by atoms with van der Waals surface area (Å²) in [6.07, 6.45) is 4.61. The van der Waals surface area contributed by atoms with Gasteiger partial charge in [-0.1, -0.05) is 50.3 Å². The van der Waals surface area contributed by atoms with Crippen molar-refractivity contribution in [3.63, 3.8) is 0 Å². The minimum Gasteiger partial charge on any atom is -0.444 e. The summed E-state index contributed by atoms with van der Waals surface area (Å²) in [5.74, 6) is 0.264. The van der Waals surface area contributed by atoms with E-state index in [0.717, 1.165) is 12.0 Å². The lowest BCUT2D eigenvalue weighted by atomic mass is 9.79. The van der Waals surface area contributed by atoms with Crippen LogP contribution in [0.3, 0.4) is 0 Å². The summed E-state index contributed by atoms with van der Waals surface area (Å²) in [5.41, 5.74) is 0.237. The fraction of sp³-hybridized carbons (Fsp3) is 0.667. The minimum atomic E-state index is -0.577. The Morgan fingerprint density at radius 3 is 2.19 bits per heavy atom. The smallest absolute Gasteiger partial charge is 0.407 e. The van der Waals surface area contributed by atoms with Crippen molar-refractivity contribution in [1.29, 1.82) is 0 Å². The quantitative estimate of drug-likeness (QED) is 0.350. The molecule has 7 nitrogen and oxygen atoms in total. The predicted octanol–water partition coefficient (Wildman–Crippen LogP) is 6.01. The van der Waals surface area contributed by atoms with Crippen molar-refractivity contribution in [1.82, 2.24) is 15.7 Å². The number of alkyl carbamates (subject to hydrolysis) is 1. The molecular weight excluding hydrogens is 466 g/mol. The number of piperidine rings is 1. The first-order chi connectivity index (χ1) is 17.0. The average Bonchev–Trinajstić information content (AvgIpc) is 2.73. The number of rotatable bonds is 9. The molecular formula is C30H49N3O4. The van der Waals surface area contributed by atoms with Crippen LogP contribution in [0, 0.1) is 5.92 Å². The maximum absolute atomic E-state index is 13.6. The van der Waals surface area contributed by atoms with E-state index in [0.29, 0.717) is 37.2 Å². The second-order valence-electron chi connectivity index (χ2n) is 13.1. The number of amides is 2. The SMILES string of the molecule is CC(C)C[C@@H](C/C=C(\Cc1ccccc1)C(=O)NC1CC(C)(C)N(O)C(C)(C)C1)NC(=O)OC(C)(C)C. The molecule has 0 saturated carbocycles. The van der Waals surface area contributed by atoms with Crippen LogP contribution in [0.2, 0.25) is 0 Å². The molecule has 2 amide bonds. The van der Waals surface area contributed by atoms with Crippen molar-refractivity contribution >= 4 is 12.0 Å². The van der Waals surface area contributed by atoms with E-state index in [9.17, 15) is 14.8 Å². The van der Waals surface area contributed by atoms with Gasteiger partial charge in [-0.05, 0) is 85.6 Å². The number of hydroxylamine groups is 2. The topological polar surface area (TPSA) is 90.9 Å². The summed E-state index contributed by atoms with van der Waals surface area (Å²) in [5, 5.41) is 18.3. The van der Waals surface area contributed by atoms with Crippen LogP contribution in [-0.2, 0) is 16.0 Å². The number of ether oxygens (including phenoxy) is 1. The second kappa shape index (κ2) is 12.4. The van der Waals surface area contributed by atoms with E-state index in [2.05, 4.69) is 24.5 Å². The molecule has 1 saturated heterocycles. The Morgan fingerprint density at radius 1 is 1.11 bits per heavy atom. The van der Waals surface area contributed by atoms with Gasteiger partial charge in [0, 0.05) is 35.2 Å². The summed E-state index contributed by atoms with van der Waals surface area (Å²) in [4.78, 5) is 26.1. The normalized spacial score (nSPS) is 19.4. The molecule has 1 fully saturated rings. The largest absolute Gasteiger partial charge is 0.444 e. The number of hydrogen-bond donors (Lipinski definition) is 3. The molecule has 2 rings (SSSR count). The number of nitrogens with one attached hydrogen (secondary N) is 2. The van der Waals surface area contributed by atoms with Crippen LogP contribution in [0.25, 0.3) is 0 Å². The van der Waals surface area contributed by atoms with Crippen LogP contribution in [0.5, 0.6) is 0 Å². The summed E-state index contributed by atoms with van der Waals surface area (Å²) in [7, 11) is 0. The Kier molecular flexibility index (Phi) is 10.4. The Labute approximate surface area is 224 Å². The molecule has 1 heterocycles. The van der Waals surface area contributed by atoms with E-state index < -0.39 is 22.8 Å². The minimum absolute atomic E-state index is 0.0635. The lowest BCUT2D eigenvalue weighted by Gasteiger charge is -2.51. The van der Waals surface area contributed by atoms with Gasteiger partial charge in [0.2, 0.25) is 5.91 Å². The van der Waals surface area contributed by atoms with Crippen LogP contribution >= 0.6 is 0 Å². The van der Waals surface area contributed by atoms with Crippen LogP contribution in [0.1, 0.15) is 93.6 Å². The van der Waals surface area contributed by atoms with Crippen LogP contribution in [0.4, 0.5) is 4.79 Å². The molecule has 0 aromatic heterocycles. The molecule has 0 spiro atoms. The van der Waals surface area contributed by atoms with Gasteiger partial charge in [-0.25, -0.2) is 4.79 Å². The van der Waals surface area contributed by atoms with E-state index in [1.807, 2.05) is 84.9 Å². The lowest BCUT2D eigenvalue weighted by molar-refractivity contribution is -0.246. The van der Waals surface area contributed by atoms with Crippen molar-refractivity contribution in [3.05, 3.63) is 47.5 Å². The van der Waals surface area contributed by atoms with Crippen molar-refractivity contribution in [3.8, 4) is 0 Å². The van der Waals surface area contributed by atoms with Gasteiger partial charge in [-0.2, -0.15) is 5.06 Å². The summed E-state index contributed by atoms with van der Waals surface area (Å²) >= 11 is 0. The molecule has 7 heteroatoms. The molecule has 0 bridgehead atoms. The highest BCUT2D eigenvalue weighted by atomic mass is 16.6. The van der Waals surface area contributed by atoms with E-state index in [1.165, 1.54) is 5.06 Å². The third-order valence-corrected chi connectivity index (χ3v) is 6.63. The number of carbonyl (C=O) groups is 2. The fourth-order valence-corrected chi connectivity index (χ4v) is 5.25. The zero-order valence-electron chi connectivity index (χ0n) is 24.4. The third-order valence-electron chi connectivity index (χ3n) is 6.63. The standard InChI is InChI=1S/C30H49N3O4/c1-21(2)17-24(32-27(35)37-28(3,4)5)16-15-23(18-22-13-11-10-12-14-22)26(34)31-25-19-29(6,7)33(36)30(8,9)20-25/h10-15,21,24-25,36H,16-20H2,1-9H3,(H,31,34)(H,32,35)/b23-15+/t24-/m1/s1. The van der Waals surface area contributed by atoms with Crippen LogP contribution in [0.15, 0.2) is 42.0 Å². The molecule has 208 valence electrons. The van der Waals surface area contributed by atoms with E-state index in [1.54, 1.807) is 0 Å². The highest BCUT2D eigenvalue weighted by molar-refractivity contribution is 5.94. The van der Waals surface area contributed by atoms with Gasteiger partial charge in [-0.3, -0.25) is 4.79 Å². The Bertz CT molecular complexity index is 914. The van der Waals surface area contributed by atoms with Gasteiger partial charge in [0.25, 0.3) is 0 Å². The number of nitrogens with zero attached hydrogens (tertiary/aromatic N) is 1. The molecule has 0 radical (unpaired) electrons. The number of hydrogen-bond acceptors (Lipinski definition) is 5. The predicted molar refractivity (Wildman–Crippen MR) is 148 cm³/mol. The first-order valence-corrected chi connectivity index (χ1v) is 13.5. The maximum atomic E-state index is 13.6. The van der Waals surface area contributed by atoms with Gasteiger partial charge < -0.3 is 20.6 Å². The number of carbonyl (C=O) groups excluding carboxylic acids is 2. The van der Waals surface area contributed by atoms with Gasteiger partial charge in [0.1, 0.15) is 5.60 Å². The van der Waals surface area contributed by atoms with Gasteiger partial charge in [0.05, 0.1) is 0 Å². The van der Waals surface area contributed by atoms with Gasteiger partial charge in [-0.15, -0.1) is 0 Å². The first-order valence-electron chi connectivity index (χ1n) is 13.5.